The number of hydrogen-bond donors (Lipinski definition) is 0. The zero-order valence-electron chi connectivity index (χ0n) is 13.5. The van der Waals surface area contributed by atoms with Crippen LogP contribution in [-0.4, -0.2) is 25.3 Å². The van der Waals surface area contributed by atoms with Crippen molar-refractivity contribution >= 4 is 17.2 Å². The summed E-state index contributed by atoms with van der Waals surface area (Å²) in [6, 6.07) is 1.80. The van der Waals surface area contributed by atoms with Crippen molar-refractivity contribution < 1.29 is 13.9 Å². The number of halogens is 2. The van der Waals surface area contributed by atoms with Gasteiger partial charge >= 0.3 is 0 Å². The molecule has 3 nitrogen and oxygen atoms in total. The monoisotopic (exact) mass is 327 g/mol. The summed E-state index contributed by atoms with van der Waals surface area (Å²) in [5.74, 6) is -0.131. The van der Waals surface area contributed by atoms with Crippen LogP contribution in [0, 0.1) is 5.92 Å². The van der Waals surface area contributed by atoms with E-state index in [2.05, 4.69) is 4.98 Å². The van der Waals surface area contributed by atoms with E-state index in [9.17, 15) is 4.39 Å². The van der Waals surface area contributed by atoms with Gasteiger partial charge in [-0.05, 0) is 30.5 Å². The van der Waals surface area contributed by atoms with E-state index in [0.717, 1.165) is 5.56 Å². The van der Waals surface area contributed by atoms with Crippen molar-refractivity contribution in [2.45, 2.75) is 27.4 Å². The van der Waals surface area contributed by atoms with E-state index in [1.807, 2.05) is 26.8 Å². The van der Waals surface area contributed by atoms with Gasteiger partial charge in [-0.3, -0.25) is 4.98 Å². The van der Waals surface area contributed by atoms with Gasteiger partial charge in [0, 0.05) is 25.5 Å². The zero-order valence-corrected chi connectivity index (χ0v) is 14.3. The third-order valence-electron chi connectivity index (χ3n) is 2.75. The van der Waals surface area contributed by atoms with Crippen LogP contribution in [0.5, 0.6) is 0 Å². The maximum atomic E-state index is 13.8. The normalized spacial score (nSPS) is 13.0. The first-order valence-electron chi connectivity index (χ1n) is 7.27. The Balaban J connectivity index is 3.12. The van der Waals surface area contributed by atoms with E-state index in [1.165, 1.54) is 13.2 Å². The van der Waals surface area contributed by atoms with E-state index in [4.69, 9.17) is 21.1 Å². The standard InChI is InChI=1S/C17H23ClFNO2/c1-5-22-10-13-7-16(18)17(20-9-13)14(6-12(2)3)8-15(19)11-21-4/h6-9,12H,5,10-11H2,1-4H3/b14-6+,15-8+. The predicted octanol–water partition coefficient (Wildman–Crippen LogP) is 4.81. The predicted molar refractivity (Wildman–Crippen MR) is 88.5 cm³/mol. The van der Waals surface area contributed by atoms with Crippen molar-refractivity contribution in [3.8, 4) is 0 Å². The average Bonchev–Trinajstić information content (AvgIpc) is 2.44. The van der Waals surface area contributed by atoms with Crippen LogP contribution < -0.4 is 0 Å². The summed E-state index contributed by atoms with van der Waals surface area (Å²) in [5, 5.41) is 0.477. The Bertz CT molecular complexity index is 541. The fourth-order valence-electron chi connectivity index (χ4n) is 1.89. The summed E-state index contributed by atoms with van der Waals surface area (Å²) in [6.07, 6.45) is 5.04. The van der Waals surface area contributed by atoms with Crippen molar-refractivity contribution in [1.29, 1.82) is 0 Å². The topological polar surface area (TPSA) is 31.4 Å². The lowest BCUT2D eigenvalue weighted by molar-refractivity contribution is 0.134. The summed E-state index contributed by atoms with van der Waals surface area (Å²) in [4.78, 5) is 4.37. The number of aromatic nitrogens is 1. The molecule has 5 heteroatoms. The molecule has 0 fully saturated rings. The van der Waals surface area contributed by atoms with Crippen LogP contribution in [0.25, 0.3) is 5.57 Å². The molecule has 0 radical (unpaired) electrons. The van der Waals surface area contributed by atoms with Gasteiger partial charge in [0.05, 0.1) is 23.9 Å². The Kier molecular flexibility index (Phi) is 8.31. The fraction of sp³-hybridized carbons (Fsp3) is 0.471. The summed E-state index contributed by atoms with van der Waals surface area (Å²) in [5.41, 5.74) is 2.10. The number of ether oxygens (including phenoxy) is 2. The van der Waals surface area contributed by atoms with Crippen molar-refractivity contribution in [2.24, 2.45) is 5.92 Å². The molecule has 122 valence electrons. The Morgan fingerprint density at radius 3 is 2.73 bits per heavy atom. The maximum absolute atomic E-state index is 13.8. The molecule has 1 rings (SSSR count). The molecule has 0 bridgehead atoms. The van der Waals surface area contributed by atoms with Gasteiger partial charge in [-0.1, -0.05) is 31.5 Å². The van der Waals surface area contributed by atoms with Crippen molar-refractivity contribution in [2.75, 3.05) is 20.3 Å². The van der Waals surface area contributed by atoms with Crippen molar-refractivity contribution in [3.05, 3.63) is 46.5 Å². The molecular formula is C17H23ClFNO2. The van der Waals surface area contributed by atoms with Gasteiger partial charge < -0.3 is 9.47 Å². The quantitative estimate of drug-likeness (QED) is 0.642. The second-order valence-corrected chi connectivity index (χ2v) is 5.61. The van der Waals surface area contributed by atoms with Gasteiger partial charge in [0.2, 0.25) is 0 Å². The molecular weight excluding hydrogens is 305 g/mol. The van der Waals surface area contributed by atoms with Crippen molar-refractivity contribution in [1.82, 2.24) is 4.98 Å². The number of nitrogens with zero attached hydrogens (tertiary/aromatic N) is 1. The van der Waals surface area contributed by atoms with Gasteiger partial charge in [-0.15, -0.1) is 0 Å². The van der Waals surface area contributed by atoms with Crippen LogP contribution in [0.1, 0.15) is 32.0 Å². The summed E-state index contributed by atoms with van der Waals surface area (Å²) < 4.78 is 23.9. The van der Waals surface area contributed by atoms with Crippen LogP contribution >= 0.6 is 11.6 Å². The molecule has 1 aromatic heterocycles. The summed E-state index contributed by atoms with van der Waals surface area (Å²) in [7, 11) is 1.45. The highest BCUT2D eigenvalue weighted by Crippen LogP contribution is 2.26. The number of pyridine rings is 1. The lowest BCUT2D eigenvalue weighted by Crippen LogP contribution is -1.98. The van der Waals surface area contributed by atoms with Gasteiger partial charge in [-0.25, -0.2) is 4.39 Å². The van der Waals surface area contributed by atoms with Crippen LogP contribution in [0.3, 0.4) is 0 Å². The third kappa shape index (κ3) is 6.26. The highest BCUT2D eigenvalue weighted by Gasteiger charge is 2.10. The summed E-state index contributed by atoms with van der Waals surface area (Å²) >= 11 is 6.31. The minimum atomic E-state index is -0.370. The average molecular weight is 328 g/mol. The first-order chi connectivity index (χ1) is 10.5. The lowest BCUT2D eigenvalue weighted by Gasteiger charge is -2.09. The number of methoxy groups -OCH3 is 1. The molecule has 0 aromatic carbocycles. The molecule has 0 N–H and O–H groups in total. The molecule has 0 aliphatic carbocycles. The molecule has 0 unspecified atom stereocenters. The molecule has 1 heterocycles. The lowest BCUT2D eigenvalue weighted by atomic mass is 10.0. The molecule has 0 saturated heterocycles. The third-order valence-corrected chi connectivity index (χ3v) is 3.04. The van der Waals surface area contributed by atoms with E-state index in [1.54, 1.807) is 12.3 Å². The van der Waals surface area contributed by atoms with E-state index < -0.39 is 0 Å². The highest BCUT2D eigenvalue weighted by atomic mass is 35.5. The Morgan fingerprint density at radius 2 is 2.18 bits per heavy atom. The largest absolute Gasteiger partial charge is 0.378 e. The van der Waals surface area contributed by atoms with E-state index >= 15 is 0 Å². The molecule has 1 aromatic rings. The van der Waals surface area contributed by atoms with Gasteiger partial charge in [-0.2, -0.15) is 0 Å². The minimum absolute atomic E-state index is 0.0739. The maximum Gasteiger partial charge on any atom is 0.126 e. The van der Waals surface area contributed by atoms with Crippen LogP contribution in [-0.2, 0) is 16.1 Å². The van der Waals surface area contributed by atoms with Gasteiger partial charge in [0.1, 0.15) is 5.83 Å². The second kappa shape index (κ2) is 9.72. The zero-order chi connectivity index (χ0) is 16.5. The Labute approximate surface area is 136 Å². The smallest absolute Gasteiger partial charge is 0.126 e. The number of rotatable bonds is 8. The fourth-order valence-corrected chi connectivity index (χ4v) is 2.19. The van der Waals surface area contributed by atoms with E-state index in [0.29, 0.717) is 29.5 Å². The minimum Gasteiger partial charge on any atom is -0.378 e. The molecule has 0 aliphatic heterocycles. The van der Waals surface area contributed by atoms with Crippen molar-refractivity contribution in [3.63, 3.8) is 0 Å². The van der Waals surface area contributed by atoms with Gasteiger partial charge in [0.15, 0.2) is 0 Å². The number of allylic oxidation sites excluding steroid dienone is 3. The first kappa shape index (κ1) is 18.8. The second-order valence-electron chi connectivity index (χ2n) is 5.20. The molecule has 0 atom stereocenters. The molecule has 0 spiro atoms. The van der Waals surface area contributed by atoms with Crippen LogP contribution in [0.4, 0.5) is 4.39 Å². The molecule has 0 saturated carbocycles. The SMILES string of the molecule is CCOCc1cnc(C(/C=C(/F)COC)=C/C(C)C)c(Cl)c1. The highest BCUT2D eigenvalue weighted by molar-refractivity contribution is 6.32. The van der Waals surface area contributed by atoms with Gasteiger partial charge in [0.25, 0.3) is 0 Å². The Hall–Kier alpha value is -1.23. The molecule has 22 heavy (non-hydrogen) atoms. The van der Waals surface area contributed by atoms with Crippen LogP contribution in [0.2, 0.25) is 5.02 Å². The first-order valence-corrected chi connectivity index (χ1v) is 7.65. The molecule has 0 amide bonds. The Morgan fingerprint density at radius 1 is 1.45 bits per heavy atom. The van der Waals surface area contributed by atoms with Crippen LogP contribution in [0.15, 0.2) is 30.2 Å². The summed E-state index contributed by atoms with van der Waals surface area (Å²) in [6.45, 7) is 6.97. The van der Waals surface area contributed by atoms with E-state index in [-0.39, 0.29) is 18.4 Å². The molecule has 0 aliphatic rings. The number of hydrogen-bond acceptors (Lipinski definition) is 3.